The van der Waals surface area contributed by atoms with Crippen molar-refractivity contribution in [1.29, 1.82) is 0 Å². The van der Waals surface area contributed by atoms with Gasteiger partial charge in [-0.2, -0.15) is 0 Å². The van der Waals surface area contributed by atoms with Gasteiger partial charge < -0.3 is 10.4 Å². The molecule has 2 aromatic carbocycles. The zero-order valence-corrected chi connectivity index (χ0v) is 11.4. The summed E-state index contributed by atoms with van der Waals surface area (Å²) in [6, 6.07) is 10.5. The van der Waals surface area contributed by atoms with Crippen LogP contribution in [0.5, 0.6) is 5.75 Å². The van der Waals surface area contributed by atoms with Crippen LogP contribution in [0.4, 0.5) is 0 Å². The molecule has 0 heterocycles. The fourth-order valence-electron chi connectivity index (χ4n) is 2.16. The minimum absolute atomic E-state index is 0.00660. The SMILES string of the molecule is C#CC(CCC)NC(=O)c1ccc2ccccc2c1O. The first-order valence-corrected chi connectivity index (χ1v) is 6.65. The van der Waals surface area contributed by atoms with Gasteiger partial charge in [0.25, 0.3) is 5.91 Å². The molecule has 0 saturated heterocycles. The fourth-order valence-corrected chi connectivity index (χ4v) is 2.16. The Balaban J connectivity index is 2.31. The maximum absolute atomic E-state index is 12.2. The molecule has 102 valence electrons. The summed E-state index contributed by atoms with van der Waals surface area (Å²) in [6.45, 7) is 2.00. The van der Waals surface area contributed by atoms with Gasteiger partial charge in [0, 0.05) is 5.39 Å². The standard InChI is InChI=1S/C17H17NO2/c1-3-7-13(4-2)18-17(20)15-11-10-12-8-5-6-9-14(12)16(15)19/h2,5-6,8-11,13,19H,3,7H2,1H3,(H,18,20). The molecule has 0 radical (unpaired) electrons. The van der Waals surface area contributed by atoms with Gasteiger partial charge >= 0.3 is 0 Å². The van der Waals surface area contributed by atoms with Crippen molar-refractivity contribution in [3.63, 3.8) is 0 Å². The van der Waals surface area contributed by atoms with Gasteiger partial charge in [-0.05, 0) is 17.9 Å². The Hall–Kier alpha value is -2.47. The number of nitrogens with one attached hydrogen (secondary N) is 1. The van der Waals surface area contributed by atoms with Crippen molar-refractivity contribution >= 4 is 16.7 Å². The van der Waals surface area contributed by atoms with Crippen molar-refractivity contribution in [2.75, 3.05) is 0 Å². The lowest BCUT2D eigenvalue weighted by Crippen LogP contribution is -2.33. The van der Waals surface area contributed by atoms with Crippen LogP contribution in [0.3, 0.4) is 0 Å². The predicted octanol–water partition coefficient (Wildman–Crippen LogP) is 3.08. The van der Waals surface area contributed by atoms with Gasteiger partial charge in [0.05, 0.1) is 11.6 Å². The lowest BCUT2D eigenvalue weighted by molar-refractivity contribution is 0.0942. The third-order valence-corrected chi connectivity index (χ3v) is 3.23. The third kappa shape index (κ3) is 2.75. The fraction of sp³-hybridized carbons (Fsp3) is 0.235. The van der Waals surface area contributed by atoms with E-state index in [2.05, 4.69) is 11.2 Å². The number of fused-ring (bicyclic) bond motifs is 1. The summed E-state index contributed by atoms with van der Waals surface area (Å²) in [4.78, 5) is 12.2. The molecule has 1 unspecified atom stereocenters. The van der Waals surface area contributed by atoms with E-state index in [1.807, 2.05) is 31.2 Å². The Morgan fingerprint density at radius 3 is 2.80 bits per heavy atom. The van der Waals surface area contributed by atoms with E-state index in [9.17, 15) is 9.90 Å². The van der Waals surface area contributed by atoms with Crippen LogP contribution >= 0.6 is 0 Å². The Labute approximate surface area is 118 Å². The van der Waals surface area contributed by atoms with Crippen molar-refractivity contribution in [2.24, 2.45) is 0 Å². The van der Waals surface area contributed by atoms with Crippen LogP contribution < -0.4 is 5.32 Å². The molecular formula is C17H17NO2. The van der Waals surface area contributed by atoms with Gasteiger partial charge in [-0.1, -0.05) is 49.6 Å². The van der Waals surface area contributed by atoms with Crippen LogP contribution in [0.2, 0.25) is 0 Å². The highest BCUT2D eigenvalue weighted by molar-refractivity contribution is 6.03. The summed E-state index contributed by atoms with van der Waals surface area (Å²) in [5.74, 6) is 2.20. The predicted molar refractivity (Wildman–Crippen MR) is 80.6 cm³/mol. The molecule has 3 heteroatoms. The molecule has 1 amide bonds. The summed E-state index contributed by atoms with van der Waals surface area (Å²) in [6.07, 6.45) is 6.99. The smallest absolute Gasteiger partial charge is 0.256 e. The van der Waals surface area contributed by atoms with Crippen molar-refractivity contribution in [1.82, 2.24) is 5.32 Å². The number of hydrogen-bond acceptors (Lipinski definition) is 2. The summed E-state index contributed by atoms with van der Waals surface area (Å²) in [7, 11) is 0. The normalized spacial score (nSPS) is 11.8. The molecule has 0 aliphatic carbocycles. The number of carbonyl (C=O) groups is 1. The Morgan fingerprint density at radius 1 is 1.35 bits per heavy atom. The van der Waals surface area contributed by atoms with E-state index in [-0.39, 0.29) is 23.3 Å². The average molecular weight is 267 g/mol. The number of carbonyl (C=O) groups excluding carboxylic acids is 1. The Morgan fingerprint density at radius 2 is 2.10 bits per heavy atom. The van der Waals surface area contributed by atoms with Crippen LogP contribution in [0.25, 0.3) is 10.8 Å². The molecule has 0 fully saturated rings. The zero-order valence-electron chi connectivity index (χ0n) is 11.4. The van der Waals surface area contributed by atoms with E-state index in [0.717, 1.165) is 18.2 Å². The zero-order chi connectivity index (χ0) is 14.5. The summed E-state index contributed by atoms with van der Waals surface area (Å²) in [5.41, 5.74) is 0.250. The molecular weight excluding hydrogens is 250 g/mol. The van der Waals surface area contributed by atoms with E-state index in [1.165, 1.54) is 0 Å². The van der Waals surface area contributed by atoms with Crippen LogP contribution in [0, 0.1) is 12.3 Å². The quantitative estimate of drug-likeness (QED) is 0.836. The molecule has 0 saturated carbocycles. The van der Waals surface area contributed by atoms with Gasteiger partial charge in [0.2, 0.25) is 0 Å². The highest BCUT2D eigenvalue weighted by Gasteiger charge is 2.16. The monoisotopic (exact) mass is 267 g/mol. The Kier molecular flexibility index (Phi) is 4.27. The topological polar surface area (TPSA) is 49.3 Å². The van der Waals surface area contributed by atoms with Crippen molar-refractivity contribution in [3.05, 3.63) is 42.0 Å². The number of rotatable bonds is 4. The first-order chi connectivity index (χ1) is 9.67. The van der Waals surface area contributed by atoms with Gasteiger partial charge in [0.1, 0.15) is 5.75 Å². The third-order valence-electron chi connectivity index (χ3n) is 3.23. The van der Waals surface area contributed by atoms with E-state index in [1.54, 1.807) is 12.1 Å². The molecule has 0 spiro atoms. The van der Waals surface area contributed by atoms with Crippen LogP contribution in [-0.2, 0) is 0 Å². The van der Waals surface area contributed by atoms with Crippen molar-refractivity contribution < 1.29 is 9.90 Å². The number of phenols is 1. The van der Waals surface area contributed by atoms with Crippen LogP contribution in [0.15, 0.2) is 36.4 Å². The maximum atomic E-state index is 12.2. The molecule has 2 rings (SSSR count). The minimum Gasteiger partial charge on any atom is -0.506 e. The van der Waals surface area contributed by atoms with Crippen LogP contribution in [-0.4, -0.2) is 17.1 Å². The molecule has 20 heavy (non-hydrogen) atoms. The molecule has 2 N–H and O–H groups in total. The minimum atomic E-state index is -0.343. The van der Waals surface area contributed by atoms with E-state index in [4.69, 9.17) is 6.42 Å². The first kappa shape index (κ1) is 14.0. The lowest BCUT2D eigenvalue weighted by Gasteiger charge is -2.13. The second-order valence-corrected chi connectivity index (χ2v) is 4.66. The molecule has 0 aliphatic heterocycles. The van der Waals surface area contributed by atoms with E-state index < -0.39 is 0 Å². The van der Waals surface area contributed by atoms with E-state index in [0.29, 0.717) is 5.39 Å². The molecule has 3 nitrogen and oxygen atoms in total. The summed E-state index contributed by atoms with van der Waals surface area (Å²) in [5, 5.41) is 14.5. The largest absolute Gasteiger partial charge is 0.506 e. The number of amides is 1. The molecule has 1 atom stereocenters. The van der Waals surface area contributed by atoms with Gasteiger partial charge in [-0.3, -0.25) is 4.79 Å². The van der Waals surface area contributed by atoms with Crippen molar-refractivity contribution in [2.45, 2.75) is 25.8 Å². The van der Waals surface area contributed by atoms with Crippen molar-refractivity contribution in [3.8, 4) is 18.1 Å². The molecule has 0 aromatic heterocycles. The number of phenolic OH excluding ortho intramolecular Hbond substituents is 1. The lowest BCUT2D eigenvalue weighted by atomic mass is 10.0. The second-order valence-electron chi connectivity index (χ2n) is 4.66. The first-order valence-electron chi connectivity index (χ1n) is 6.65. The highest BCUT2D eigenvalue weighted by atomic mass is 16.3. The average Bonchev–Trinajstić information content (AvgIpc) is 2.47. The number of aromatic hydroxyl groups is 1. The summed E-state index contributed by atoms with van der Waals surface area (Å²) >= 11 is 0. The second kappa shape index (κ2) is 6.12. The van der Waals surface area contributed by atoms with Crippen LogP contribution in [0.1, 0.15) is 30.1 Å². The molecule has 2 aromatic rings. The van der Waals surface area contributed by atoms with Gasteiger partial charge in [-0.25, -0.2) is 0 Å². The highest BCUT2D eigenvalue weighted by Crippen LogP contribution is 2.28. The van der Waals surface area contributed by atoms with E-state index >= 15 is 0 Å². The molecule has 0 bridgehead atoms. The van der Waals surface area contributed by atoms with Gasteiger partial charge in [-0.15, -0.1) is 6.42 Å². The molecule has 0 aliphatic rings. The maximum Gasteiger partial charge on any atom is 0.256 e. The van der Waals surface area contributed by atoms with Gasteiger partial charge in [0.15, 0.2) is 0 Å². The number of terminal acetylenes is 1. The summed E-state index contributed by atoms with van der Waals surface area (Å²) < 4.78 is 0. The number of benzene rings is 2. The Bertz CT molecular complexity index is 670. The number of hydrogen-bond donors (Lipinski definition) is 2.